The first-order chi connectivity index (χ1) is 9.20. The highest BCUT2D eigenvalue weighted by Gasteiger charge is 2.10. The SMILES string of the molecule is Cc1ccc(OC(C)c2ccccc2)c(CCN)c1. The summed E-state index contributed by atoms with van der Waals surface area (Å²) in [5.74, 6) is 0.937. The molecule has 0 saturated heterocycles. The van der Waals surface area contributed by atoms with E-state index in [4.69, 9.17) is 10.5 Å². The van der Waals surface area contributed by atoms with E-state index in [1.807, 2.05) is 24.3 Å². The molecule has 2 nitrogen and oxygen atoms in total. The predicted octanol–water partition coefficient (Wildman–Crippen LogP) is 3.64. The minimum absolute atomic E-state index is 0.0421. The molecule has 0 aliphatic carbocycles. The van der Waals surface area contributed by atoms with Crippen molar-refractivity contribution in [1.82, 2.24) is 0 Å². The monoisotopic (exact) mass is 255 g/mol. The molecule has 0 aliphatic rings. The van der Waals surface area contributed by atoms with Gasteiger partial charge in [-0.15, -0.1) is 0 Å². The van der Waals surface area contributed by atoms with Gasteiger partial charge in [-0.05, 0) is 44.0 Å². The fraction of sp³-hybridized carbons (Fsp3) is 0.294. The van der Waals surface area contributed by atoms with Crippen molar-refractivity contribution < 1.29 is 4.74 Å². The maximum atomic E-state index is 6.08. The summed E-state index contributed by atoms with van der Waals surface area (Å²) in [6.45, 7) is 4.80. The molecule has 19 heavy (non-hydrogen) atoms. The maximum Gasteiger partial charge on any atom is 0.123 e. The summed E-state index contributed by atoms with van der Waals surface area (Å²) in [6.07, 6.45) is 0.888. The van der Waals surface area contributed by atoms with Crippen molar-refractivity contribution in [3.63, 3.8) is 0 Å². The van der Waals surface area contributed by atoms with Crippen LogP contribution in [0.1, 0.15) is 29.7 Å². The summed E-state index contributed by atoms with van der Waals surface area (Å²) in [6, 6.07) is 16.5. The molecule has 0 bridgehead atoms. The van der Waals surface area contributed by atoms with Crippen molar-refractivity contribution >= 4 is 0 Å². The van der Waals surface area contributed by atoms with Crippen molar-refractivity contribution in [3.8, 4) is 5.75 Å². The molecule has 0 heterocycles. The number of aryl methyl sites for hydroxylation is 1. The van der Waals surface area contributed by atoms with Crippen LogP contribution in [0.2, 0.25) is 0 Å². The molecule has 100 valence electrons. The second kappa shape index (κ2) is 6.39. The summed E-state index contributed by atoms with van der Waals surface area (Å²) in [7, 11) is 0. The van der Waals surface area contributed by atoms with Crippen molar-refractivity contribution in [1.29, 1.82) is 0 Å². The van der Waals surface area contributed by atoms with Gasteiger partial charge in [0.15, 0.2) is 0 Å². The normalized spacial score (nSPS) is 12.2. The van der Waals surface area contributed by atoms with Crippen molar-refractivity contribution in [3.05, 3.63) is 65.2 Å². The van der Waals surface area contributed by atoms with Crippen molar-refractivity contribution in [2.45, 2.75) is 26.4 Å². The van der Waals surface area contributed by atoms with E-state index < -0.39 is 0 Å². The Morgan fingerprint density at radius 1 is 1.11 bits per heavy atom. The van der Waals surface area contributed by atoms with Gasteiger partial charge in [0.05, 0.1) is 0 Å². The second-order valence-electron chi connectivity index (χ2n) is 4.82. The quantitative estimate of drug-likeness (QED) is 0.885. The molecule has 2 heteroatoms. The Kier molecular flexibility index (Phi) is 4.58. The lowest BCUT2D eigenvalue weighted by atomic mass is 10.1. The summed E-state index contributed by atoms with van der Waals surface area (Å²) >= 11 is 0. The van der Waals surface area contributed by atoms with E-state index in [9.17, 15) is 0 Å². The Morgan fingerprint density at radius 3 is 2.53 bits per heavy atom. The second-order valence-corrected chi connectivity index (χ2v) is 4.82. The number of benzene rings is 2. The third-order valence-electron chi connectivity index (χ3n) is 3.20. The molecule has 1 atom stereocenters. The molecule has 0 spiro atoms. The van der Waals surface area contributed by atoms with E-state index in [0.717, 1.165) is 12.2 Å². The van der Waals surface area contributed by atoms with E-state index in [1.165, 1.54) is 16.7 Å². The van der Waals surface area contributed by atoms with E-state index in [-0.39, 0.29) is 6.10 Å². The van der Waals surface area contributed by atoms with E-state index in [1.54, 1.807) is 0 Å². The van der Waals surface area contributed by atoms with Crippen molar-refractivity contribution in [2.75, 3.05) is 6.54 Å². The summed E-state index contributed by atoms with van der Waals surface area (Å²) < 4.78 is 6.08. The van der Waals surface area contributed by atoms with Crippen LogP contribution in [-0.4, -0.2) is 6.54 Å². The minimum atomic E-state index is 0.0421. The molecular weight excluding hydrogens is 234 g/mol. The summed E-state index contributed by atoms with van der Waals surface area (Å²) in [5, 5.41) is 0. The third kappa shape index (κ3) is 3.58. The Bertz CT molecular complexity index is 522. The largest absolute Gasteiger partial charge is 0.486 e. The zero-order valence-corrected chi connectivity index (χ0v) is 11.6. The van der Waals surface area contributed by atoms with Crippen LogP contribution in [-0.2, 0) is 6.42 Å². The van der Waals surface area contributed by atoms with Gasteiger partial charge in [-0.1, -0.05) is 48.0 Å². The third-order valence-corrected chi connectivity index (χ3v) is 3.20. The first-order valence-corrected chi connectivity index (χ1v) is 6.72. The minimum Gasteiger partial charge on any atom is -0.486 e. The summed E-state index contributed by atoms with van der Waals surface area (Å²) in [4.78, 5) is 0. The van der Waals surface area contributed by atoms with Crippen LogP contribution < -0.4 is 10.5 Å². The molecule has 0 amide bonds. The molecule has 2 aromatic rings. The molecule has 0 aromatic heterocycles. The zero-order valence-electron chi connectivity index (χ0n) is 11.6. The number of nitrogens with two attached hydrogens (primary N) is 1. The molecule has 0 saturated carbocycles. The zero-order chi connectivity index (χ0) is 13.7. The van der Waals surface area contributed by atoms with Crippen LogP contribution in [0.5, 0.6) is 5.75 Å². The van der Waals surface area contributed by atoms with Crippen LogP contribution in [0, 0.1) is 6.92 Å². The van der Waals surface area contributed by atoms with Gasteiger partial charge in [-0.3, -0.25) is 0 Å². The molecule has 0 aliphatic heterocycles. The lowest BCUT2D eigenvalue weighted by Gasteiger charge is -2.18. The first-order valence-electron chi connectivity index (χ1n) is 6.72. The summed E-state index contributed by atoms with van der Waals surface area (Å²) in [5.41, 5.74) is 9.27. The molecule has 1 unspecified atom stereocenters. The van der Waals surface area contributed by atoms with Crippen LogP contribution >= 0.6 is 0 Å². The Morgan fingerprint density at radius 2 is 1.84 bits per heavy atom. The van der Waals surface area contributed by atoms with Crippen molar-refractivity contribution in [2.24, 2.45) is 5.73 Å². The van der Waals surface area contributed by atoms with Gasteiger partial charge in [-0.2, -0.15) is 0 Å². The van der Waals surface area contributed by atoms with E-state index >= 15 is 0 Å². The van der Waals surface area contributed by atoms with Gasteiger partial charge >= 0.3 is 0 Å². The van der Waals surface area contributed by atoms with Crippen LogP contribution in [0.3, 0.4) is 0 Å². The van der Waals surface area contributed by atoms with Crippen LogP contribution in [0.4, 0.5) is 0 Å². The molecule has 2 aromatic carbocycles. The van der Waals surface area contributed by atoms with E-state index in [2.05, 4.69) is 38.1 Å². The molecular formula is C17H21NO. The van der Waals surface area contributed by atoms with Gasteiger partial charge in [0.25, 0.3) is 0 Å². The first kappa shape index (κ1) is 13.6. The standard InChI is InChI=1S/C17H21NO/c1-13-8-9-17(16(12-13)10-11-18)19-14(2)15-6-4-3-5-7-15/h3-9,12,14H,10-11,18H2,1-2H3. The molecule has 0 radical (unpaired) electrons. The highest BCUT2D eigenvalue weighted by atomic mass is 16.5. The maximum absolute atomic E-state index is 6.08. The number of hydrogen-bond acceptors (Lipinski definition) is 2. The topological polar surface area (TPSA) is 35.2 Å². The Hall–Kier alpha value is -1.80. The lowest BCUT2D eigenvalue weighted by Crippen LogP contribution is -2.08. The number of ether oxygens (including phenoxy) is 1. The number of rotatable bonds is 5. The molecule has 2 rings (SSSR count). The van der Waals surface area contributed by atoms with Gasteiger partial charge in [0.1, 0.15) is 11.9 Å². The molecule has 2 N–H and O–H groups in total. The smallest absolute Gasteiger partial charge is 0.123 e. The van der Waals surface area contributed by atoms with E-state index in [0.29, 0.717) is 6.54 Å². The van der Waals surface area contributed by atoms with Gasteiger partial charge < -0.3 is 10.5 Å². The van der Waals surface area contributed by atoms with Crippen LogP contribution in [0.25, 0.3) is 0 Å². The number of hydrogen-bond donors (Lipinski definition) is 1. The van der Waals surface area contributed by atoms with Crippen LogP contribution in [0.15, 0.2) is 48.5 Å². The highest BCUT2D eigenvalue weighted by Crippen LogP contribution is 2.26. The average Bonchev–Trinajstić information content (AvgIpc) is 2.43. The van der Waals surface area contributed by atoms with Gasteiger partial charge in [-0.25, -0.2) is 0 Å². The average molecular weight is 255 g/mol. The Labute approximate surface area is 115 Å². The fourth-order valence-electron chi connectivity index (χ4n) is 2.16. The molecule has 0 fully saturated rings. The Balaban J connectivity index is 2.18. The highest BCUT2D eigenvalue weighted by molar-refractivity contribution is 5.37. The van der Waals surface area contributed by atoms with Gasteiger partial charge in [0, 0.05) is 0 Å². The fourth-order valence-corrected chi connectivity index (χ4v) is 2.16. The van der Waals surface area contributed by atoms with Gasteiger partial charge in [0.2, 0.25) is 0 Å². The lowest BCUT2D eigenvalue weighted by molar-refractivity contribution is 0.224. The predicted molar refractivity (Wildman–Crippen MR) is 79.4 cm³/mol.